The van der Waals surface area contributed by atoms with Crippen molar-refractivity contribution in [1.29, 1.82) is 0 Å². The Morgan fingerprint density at radius 3 is 2.48 bits per heavy atom. The van der Waals surface area contributed by atoms with Crippen LogP contribution >= 0.6 is 11.3 Å². The second kappa shape index (κ2) is 10.9. The summed E-state index contributed by atoms with van der Waals surface area (Å²) >= 11 is 1.46. The number of anilines is 4. The molecule has 0 aliphatic rings. The quantitative estimate of drug-likeness (QED) is 0.180. The van der Waals surface area contributed by atoms with Crippen molar-refractivity contribution in [3.8, 4) is 11.5 Å². The number of fused-ring (bicyclic) bond motifs is 1. The number of aromatic nitrogens is 4. The lowest BCUT2D eigenvalue weighted by atomic mass is 9.96. The lowest BCUT2D eigenvalue weighted by molar-refractivity contribution is 0.102. The van der Waals surface area contributed by atoms with E-state index in [1.165, 1.54) is 17.7 Å². The maximum absolute atomic E-state index is 13.2. The smallest absolute Gasteiger partial charge is 0.257 e. The first-order valence-corrected chi connectivity index (χ1v) is 13.7. The van der Waals surface area contributed by atoms with Gasteiger partial charge in [0.05, 0.1) is 11.1 Å². The van der Waals surface area contributed by atoms with E-state index in [-0.39, 0.29) is 17.2 Å². The summed E-state index contributed by atoms with van der Waals surface area (Å²) < 4.78 is 6.17. The molecular formula is C30H31N7O2S. The third kappa shape index (κ3) is 6.02. The van der Waals surface area contributed by atoms with Crippen molar-refractivity contribution in [1.82, 2.24) is 19.9 Å². The summed E-state index contributed by atoms with van der Waals surface area (Å²) in [6.07, 6.45) is 3.27. The summed E-state index contributed by atoms with van der Waals surface area (Å²) in [5.41, 5.74) is 8.92. The van der Waals surface area contributed by atoms with E-state index in [9.17, 15) is 4.79 Å². The topological polar surface area (TPSA) is 128 Å². The van der Waals surface area contributed by atoms with Gasteiger partial charge in [-0.05, 0) is 65.9 Å². The Kier molecular flexibility index (Phi) is 7.36. The van der Waals surface area contributed by atoms with E-state index < -0.39 is 0 Å². The van der Waals surface area contributed by atoms with Crippen LogP contribution in [0.1, 0.15) is 61.5 Å². The Morgan fingerprint density at radius 1 is 1.00 bits per heavy atom. The molecule has 4 N–H and O–H groups in total. The van der Waals surface area contributed by atoms with Gasteiger partial charge in [-0.15, -0.1) is 11.3 Å². The van der Waals surface area contributed by atoms with Crippen molar-refractivity contribution in [2.24, 2.45) is 0 Å². The van der Waals surface area contributed by atoms with E-state index in [0.717, 1.165) is 16.0 Å². The molecule has 0 spiro atoms. The van der Waals surface area contributed by atoms with Crippen molar-refractivity contribution in [2.45, 2.75) is 46.0 Å². The molecule has 0 aliphatic carbocycles. The molecule has 1 amide bonds. The molecule has 9 nitrogen and oxygen atoms in total. The average molecular weight is 554 g/mol. The minimum absolute atomic E-state index is 0.0517. The van der Waals surface area contributed by atoms with Gasteiger partial charge in [0.25, 0.3) is 5.91 Å². The number of pyridine rings is 1. The van der Waals surface area contributed by atoms with Crippen LogP contribution < -0.4 is 21.1 Å². The maximum Gasteiger partial charge on any atom is 0.257 e. The highest BCUT2D eigenvalue weighted by Gasteiger charge is 2.19. The first kappa shape index (κ1) is 27.0. The zero-order valence-corrected chi connectivity index (χ0v) is 23.8. The van der Waals surface area contributed by atoms with Gasteiger partial charge < -0.3 is 15.8 Å². The van der Waals surface area contributed by atoms with E-state index in [2.05, 4.69) is 65.2 Å². The molecule has 0 bridgehead atoms. The average Bonchev–Trinajstić information content (AvgIpc) is 3.40. The number of benzene rings is 2. The number of ether oxygens (including phenoxy) is 1. The summed E-state index contributed by atoms with van der Waals surface area (Å²) in [4.78, 5) is 32.2. The van der Waals surface area contributed by atoms with Crippen LogP contribution in [0.5, 0.6) is 11.5 Å². The van der Waals surface area contributed by atoms with Crippen LogP contribution in [-0.2, 0) is 5.41 Å². The van der Waals surface area contributed by atoms with Crippen molar-refractivity contribution >= 4 is 50.6 Å². The van der Waals surface area contributed by atoms with Crippen LogP contribution in [0.15, 0.2) is 67.1 Å². The SMILES string of the molecule is CC(C)c1ccc2c(Nc3cc(C(=O)Nc4ncc(C(C)(C)C)s4)ccc3Oc3ccc(N)cc3)ncnc2n1. The van der Waals surface area contributed by atoms with Crippen LogP contribution in [0.3, 0.4) is 0 Å². The fourth-order valence-electron chi connectivity index (χ4n) is 3.87. The monoisotopic (exact) mass is 553 g/mol. The zero-order valence-electron chi connectivity index (χ0n) is 23.0. The van der Waals surface area contributed by atoms with E-state index >= 15 is 0 Å². The molecule has 0 saturated heterocycles. The number of hydrogen-bond donors (Lipinski definition) is 3. The first-order chi connectivity index (χ1) is 19.1. The highest BCUT2D eigenvalue weighted by molar-refractivity contribution is 7.15. The van der Waals surface area contributed by atoms with Crippen molar-refractivity contribution in [2.75, 3.05) is 16.4 Å². The molecule has 204 valence electrons. The summed E-state index contributed by atoms with van der Waals surface area (Å²) in [6, 6.07) is 16.2. The summed E-state index contributed by atoms with van der Waals surface area (Å²) in [7, 11) is 0. The number of nitrogens with one attached hydrogen (secondary N) is 2. The fourth-order valence-corrected chi connectivity index (χ4v) is 4.74. The number of thiazole rings is 1. The Balaban J connectivity index is 1.49. The molecule has 2 aromatic carbocycles. The molecule has 0 aliphatic heterocycles. The number of nitrogens with zero attached hydrogens (tertiary/aromatic N) is 4. The first-order valence-electron chi connectivity index (χ1n) is 12.9. The minimum Gasteiger partial charge on any atom is -0.455 e. The zero-order chi connectivity index (χ0) is 28.4. The van der Waals surface area contributed by atoms with Gasteiger partial charge in [0.2, 0.25) is 0 Å². The number of carbonyl (C=O) groups excluding carboxylic acids is 1. The van der Waals surface area contributed by atoms with Crippen LogP contribution in [0.4, 0.5) is 22.3 Å². The molecule has 40 heavy (non-hydrogen) atoms. The molecule has 0 atom stereocenters. The van der Waals surface area contributed by atoms with E-state index in [1.54, 1.807) is 48.7 Å². The van der Waals surface area contributed by atoms with Crippen LogP contribution in [-0.4, -0.2) is 25.8 Å². The van der Waals surface area contributed by atoms with E-state index in [1.807, 2.05) is 12.1 Å². The Morgan fingerprint density at radius 2 is 1.77 bits per heavy atom. The molecule has 10 heteroatoms. The third-order valence-corrected chi connectivity index (χ3v) is 7.52. The van der Waals surface area contributed by atoms with E-state index in [0.29, 0.717) is 45.0 Å². The van der Waals surface area contributed by atoms with Gasteiger partial charge in [0, 0.05) is 28.0 Å². The number of nitrogen functional groups attached to an aromatic ring is 1. The third-order valence-electron chi connectivity index (χ3n) is 6.18. The van der Waals surface area contributed by atoms with Crippen molar-refractivity contribution in [3.63, 3.8) is 0 Å². The lowest BCUT2D eigenvalue weighted by Gasteiger charge is -2.16. The maximum atomic E-state index is 13.2. The van der Waals surface area contributed by atoms with Gasteiger partial charge in [-0.25, -0.2) is 19.9 Å². The summed E-state index contributed by atoms with van der Waals surface area (Å²) in [5, 5.41) is 7.55. The van der Waals surface area contributed by atoms with Gasteiger partial charge in [0.1, 0.15) is 17.9 Å². The molecule has 5 rings (SSSR count). The summed E-state index contributed by atoms with van der Waals surface area (Å²) in [5.74, 6) is 1.63. The second-order valence-electron chi connectivity index (χ2n) is 10.7. The standard InChI is InChI=1S/C30H31N7O2S/c1-17(2)22-12-11-21-26(35-22)33-16-34-27(21)36-23-14-18(6-13-24(23)39-20-9-7-19(31)8-10-20)28(38)37-29-32-15-25(40-29)30(3,4)5/h6-17H,31H2,1-5H3,(H,32,37,38)(H,33,34,35,36). The Labute approximate surface area is 236 Å². The Hall–Kier alpha value is -4.57. The van der Waals surface area contributed by atoms with Gasteiger partial charge in [0.15, 0.2) is 16.5 Å². The molecule has 0 saturated carbocycles. The fraction of sp³-hybridized carbons (Fsp3) is 0.233. The number of rotatable bonds is 7. The summed E-state index contributed by atoms with van der Waals surface area (Å²) in [6.45, 7) is 10.5. The van der Waals surface area contributed by atoms with Crippen LogP contribution in [0.2, 0.25) is 0 Å². The number of nitrogens with two attached hydrogens (primary N) is 1. The van der Waals surface area contributed by atoms with Crippen LogP contribution in [0.25, 0.3) is 11.0 Å². The lowest BCUT2D eigenvalue weighted by Crippen LogP contribution is -2.12. The molecule has 0 unspecified atom stereocenters. The molecule has 3 aromatic heterocycles. The van der Waals surface area contributed by atoms with Gasteiger partial charge in [-0.1, -0.05) is 34.6 Å². The normalized spacial score (nSPS) is 11.6. The Bertz CT molecular complexity index is 1670. The largest absolute Gasteiger partial charge is 0.455 e. The molecule has 5 aromatic rings. The number of carbonyl (C=O) groups is 1. The molecule has 0 fully saturated rings. The predicted molar refractivity (Wildman–Crippen MR) is 161 cm³/mol. The van der Waals surface area contributed by atoms with Crippen LogP contribution in [0, 0.1) is 0 Å². The molecule has 3 heterocycles. The predicted octanol–water partition coefficient (Wildman–Crippen LogP) is 7.27. The highest BCUT2D eigenvalue weighted by atomic mass is 32.1. The van der Waals surface area contributed by atoms with Gasteiger partial charge in [-0.3, -0.25) is 10.1 Å². The number of hydrogen-bond acceptors (Lipinski definition) is 9. The molecule has 0 radical (unpaired) electrons. The van der Waals surface area contributed by atoms with Gasteiger partial charge in [-0.2, -0.15) is 0 Å². The number of amides is 1. The van der Waals surface area contributed by atoms with E-state index in [4.69, 9.17) is 10.5 Å². The second-order valence-corrected chi connectivity index (χ2v) is 11.8. The van der Waals surface area contributed by atoms with Crippen molar-refractivity contribution < 1.29 is 9.53 Å². The minimum atomic E-state index is -0.285. The highest BCUT2D eigenvalue weighted by Crippen LogP contribution is 2.35. The molecular weight excluding hydrogens is 522 g/mol. The van der Waals surface area contributed by atoms with Gasteiger partial charge >= 0.3 is 0 Å². The van der Waals surface area contributed by atoms with Crippen molar-refractivity contribution in [3.05, 3.63) is 83.3 Å².